The maximum atomic E-state index is 12.2. The highest BCUT2D eigenvalue weighted by Gasteiger charge is 2.20. The van der Waals surface area contributed by atoms with Crippen LogP contribution < -0.4 is 5.32 Å². The van der Waals surface area contributed by atoms with E-state index in [9.17, 15) is 13.2 Å². The number of nitrogens with one attached hydrogen (secondary N) is 1. The first-order valence-corrected chi connectivity index (χ1v) is 8.47. The van der Waals surface area contributed by atoms with Crippen molar-refractivity contribution in [3.63, 3.8) is 0 Å². The summed E-state index contributed by atoms with van der Waals surface area (Å²) >= 11 is 0. The van der Waals surface area contributed by atoms with Gasteiger partial charge in [0.05, 0.1) is 4.90 Å². The molecule has 0 saturated carbocycles. The molecule has 0 bridgehead atoms. The molecular formula is C15H24N2O3S. The fraction of sp³-hybridized carbons (Fsp3) is 0.533. The average molecular weight is 312 g/mol. The van der Waals surface area contributed by atoms with Gasteiger partial charge in [0.1, 0.15) is 0 Å². The van der Waals surface area contributed by atoms with Gasteiger partial charge in [0.2, 0.25) is 15.9 Å². The number of unbranched alkanes of at least 4 members (excludes halogenated alkanes) is 1. The number of anilines is 1. The van der Waals surface area contributed by atoms with Crippen LogP contribution in [0.4, 0.5) is 5.69 Å². The first kappa shape index (κ1) is 17.7. The molecule has 0 spiro atoms. The third-order valence-corrected chi connectivity index (χ3v) is 5.24. The van der Waals surface area contributed by atoms with Crippen LogP contribution >= 0.6 is 0 Å². The van der Waals surface area contributed by atoms with Gasteiger partial charge in [-0.2, -0.15) is 0 Å². The summed E-state index contributed by atoms with van der Waals surface area (Å²) in [5.74, 6) is -0.0845. The van der Waals surface area contributed by atoms with Crippen LogP contribution in [-0.2, 0) is 14.8 Å². The van der Waals surface area contributed by atoms with Crippen molar-refractivity contribution in [3.8, 4) is 0 Å². The molecule has 6 heteroatoms. The normalized spacial score (nSPS) is 11.7. The van der Waals surface area contributed by atoms with Crippen molar-refractivity contribution in [2.24, 2.45) is 0 Å². The predicted octanol–water partition coefficient (Wildman–Crippen LogP) is 2.68. The minimum absolute atomic E-state index is 0.0845. The van der Waals surface area contributed by atoms with Gasteiger partial charge in [-0.25, -0.2) is 12.7 Å². The number of hydrogen-bond donors (Lipinski definition) is 1. The van der Waals surface area contributed by atoms with E-state index in [1.165, 1.54) is 24.5 Å². The second kappa shape index (κ2) is 7.04. The van der Waals surface area contributed by atoms with Crippen molar-refractivity contribution in [1.82, 2.24) is 4.31 Å². The number of benzene rings is 1. The first-order valence-electron chi connectivity index (χ1n) is 7.03. The lowest BCUT2D eigenvalue weighted by Crippen LogP contribution is -2.23. The van der Waals surface area contributed by atoms with Gasteiger partial charge in [-0.15, -0.1) is 0 Å². The van der Waals surface area contributed by atoms with Crippen molar-refractivity contribution in [2.75, 3.05) is 19.4 Å². The second-order valence-corrected chi connectivity index (χ2v) is 7.50. The van der Waals surface area contributed by atoms with Crippen molar-refractivity contribution >= 4 is 21.6 Å². The molecule has 21 heavy (non-hydrogen) atoms. The number of aryl methyl sites for hydroxylation is 1. The SMILES string of the molecule is CCCCC(=O)Nc1cc(S(=O)(=O)N(C)C)cc(C)c1C. The molecule has 1 rings (SSSR count). The van der Waals surface area contributed by atoms with Crippen LogP contribution in [0, 0.1) is 13.8 Å². The summed E-state index contributed by atoms with van der Waals surface area (Å²) in [7, 11) is -0.529. The molecule has 0 fully saturated rings. The van der Waals surface area contributed by atoms with Crippen LogP contribution in [0.2, 0.25) is 0 Å². The Morgan fingerprint density at radius 2 is 1.86 bits per heavy atom. The number of amides is 1. The van der Waals surface area contributed by atoms with E-state index in [0.29, 0.717) is 12.1 Å². The van der Waals surface area contributed by atoms with E-state index < -0.39 is 10.0 Å². The first-order chi connectivity index (χ1) is 9.70. The summed E-state index contributed by atoms with van der Waals surface area (Å²) < 4.78 is 25.6. The topological polar surface area (TPSA) is 66.5 Å². The Morgan fingerprint density at radius 3 is 2.38 bits per heavy atom. The summed E-state index contributed by atoms with van der Waals surface area (Å²) in [5, 5.41) is 2.82. The van der Waals surface area contributed by atoms with E-state index in [4.69, 9.17) is 0 Å². The van der Waals surface area contributed by atoms with Gasteiger partial charge in [0, 0.05) is 26.2 Å². The van der Waals surface area contributed by atoms with Gasteiger partial charge in [-0.1, -0.05) is 13.3 Å². The van der Waals surface area contributed by atoms with E-state index in [0.717, 1.165) is 24.0 Å². The van der Waals surface area contributed by atoms with Gasteiger partial charge >= 0.3 is 0 Å². The Kier molecular flexibility index (Phi) is 5.92. The van der Waals surface area contributed by atoms with Gasteiger partial charge in [0.25, 0.3) is 0 Å². The van der Waals surface area contributed by atoms with E-state index in [-0.39, 0.29) is 10.8 Å². The largest absolute Gasteiger partial charge is 0.326 e. The monoisotopic (exact) mass is 312 g/mol. The molecule has 1 amide bonds. The molecule has 0 saturated heterocycles. The zero-order chi connectivity index (χ0) is 16.2. The molecule has 0 aliphatic carbocycles. The fourth-order valence-electron chi connectivity index (χ4n) is 1.87. The van der Waals surface area contributed by atoms with Gasteiger partial charge in [0.15, 0.2) is 0 Å². The van der Waals surface area contributed by atoms with Gasteiger partial charge in [-0.3, -0.25) is 4.79 Å². The van der Waals surface area contributed by atoms with E-state index in [1.54, 1.807) is 6.07 Å². The molecule has 1 aromatic carbocycles. The zero-order valence-corrected chi connectivity index (χ0v) is 14.2. The number of carbonyl (C=O) groups is 1. The van der Waals surface area contributed by atoms with Crippen LogP contribution in [-0.4, -0.2) is 32.7 Å². The molecule has 0 radical (unpaired) electrons. The quantitative estimate of drug-likeness (QED) is 0.878. The number of rotatable bonds is 6. The third-order valence-electron chi connectivity index (χ3n) is 3.45. The minimum atomic E-state index is -3.51. The lowest BCUT2D eigenvalue weighted by Gasteiger charge is -2.16. The highest BCUT2D eigenvalue weighted by atomic mass is 32.2. The number of nitrogens with zero attached hydrogens (tertiary/aromatic N) is 1. The molecular weight excluding hydrogens is 288 g/mol. The summed E-state index contributed by atoms with van der Waals surface area (Å²) in [6.45, 7) is 5.73. The van der Waals surface area contributed by atoms with Gasteiger partial charge in [-0.05, 0) is 43.5 Å². The zero-order valence-electron chi connectivity index (χ0n) is 13.4. The Morgan fingerprint density at radius 1 is 1.24 bits per heavy atom. The lowest BCUT2D eigenvalue weighted by molar-refractivity contribution is -0.116. The Hall–Kier alpha value is -1.40. The number of hydrogen-bond acceptors (Lipinski definition) is 3. The Balaban J connectivity index is 3.16. The smallest absolute Gasteiger partial charge is 0.242 e. The molecule has 0 aliphatic rings. The van der Waals surface area contributed by atoms with Crippen LogP contribution in [0.15, 0.2) is 17.0 Å². The summed E-state index contributed by atoms with van der Waals surface area (Å²) in [5.41, 5.74) is 2.29. The maximum absolute atomic E-state index is 12.2. The summed E-state index contributed by atoms with van der Waals surface area (Å²) in [4.78, 5) is 12.1. The molecule has 5 nitrogen and oxygen atoms in total. The standard InChI is InChI=1S/C15H24N2O3S/c1-6-7-8-15(18)16-14-10-13(9-11(2)12(14)3)21(19,20)17(4)5/h9-10H,6-8H2,1-5H3,(H,16,18). The molecule has 0 heterocycles. The van der Waals surface area contributed by atoms with E-state index in [2.05, 4.69) is 5.32 Å². The maximum Gasteiger partial charge on any atom is 0.242 e. The number of carbonyl (C=O) groups excluding carboxylic acids is 1. The lowest BCUT2D eigenvalue weighted by atomic mass is 10.1. The minimum Gasteiger partial charge on any atom is -0.326 e. The predicted molar refractivity (Wildman–Crippen MR) is 84.9 cm³/mol. The third kappa shape index (κ3) is 4.28. The van der Waals surface area contributed by atoms with Crippen LogP contribution in [0.1, 0.15) is 37.3 Å². The van der Waals surface area contributed by atoms with Crippen LogP contribution in [0.5, 0.6) is 0 Å². The number of sulfonamides is 1. The molecule has 0 aliphatic heterocycles. The average Bonchev–Trinajstić information content (AvgIpc) is 2.40. The fourth-order valence-corrected chi connectivity index (χ4v) is 2.88. The van der Waals surface area contributed by atoms with Gasteiger partial charge < -0.3 is 5.32 Å². The Bertz CT molecular complexity index is 622. The van der Waals surface area contributed by atoms with Crippen molar-refractivity contribution < 1.29 is 13.2 Å². The molecule has 1 aromatic rings. The highest BCUT2D eigenvalue weighted by molar-refractivity contribution is 7.89. The molecule has 0 atom stereocenters. The molecule has 1 N–H and O–H groups in total. The molecule has 0 aromatic heterocycles. The summed E-state index contributed by atoms with van der Waals surface area (Å²) in [6.07, 6.45) is 2.21. The van der Waals surface area contributed by atoms with Crippen LogP contribution in [0.3, 0.4) is 0 Å². The summed E-state index contributed by atoms with van der Waals surface area (Å²) in [6, 6.07) is 3.16. The van der Waals surface area contributed by atoms with Crippen molar-refractivity contribution in [1.29, 1.82) is 0 Å². The Labute approximate surface area is 127 Å². The van der Waals surface area contributed by atoms with E-state index in [1.807, 2.05) is 20.8 Å². The van der Waals surface area contributed by atoms with E-state index >= 15 is 0 Å². The molecule has 118 valence electrons. The van der Waals surface area contributed by atoms with Crippen molar-refractivity contribution in [3.05, 3.63) is 23.3 Å². The second-order valence-electron chi connectivity index (χ2n) is 5.35. The molecule has 0 unspecified atom stereocenters. The van der Waals surface area contributed by atoms with Crippen LogP contribution in [0.25, 0.3) is 0 Å². The highest BCUT2D eigenvalue weighted by Crippen LogP contribution is 2.25. The van der Waals surface area contributed by atoms with Crippen molar-refractivity contribution in [2.45, 2.75) is 44.9 Å².